The van der Waals surface area contributed by atoms with Gasteiger partial charge in [0.1, 0.15) is 11.5 Å². The van der Waals surface area contributed by atoms with E-state index in [0.717, 1.165) is 12.1 Å². The molecule has 0 unspecified atom stereocenters. The molecule has 1 fully saturated rings. The second kappa shape index (κ2) is 8.87. The Morgan fingerprint density at radius 3 is 2.38 bits per heavy atom. The summed E-state index contributed by atoms with van der Waals surface area (Å²) >= 11 is 0. The van der Waals surface area contributed by atoms with Crippen LogP contribution in [0.4, 0.5) is 0 Å². The van der Waals surface area contributed by atoms with Crippen molar-refractivity contribution in [1.29, 1.82) is 0 Å². The Balaban J connectivity index is 2.06. The van der Waals surface area contributed by atoms with E-state index in [-0.39, 0.29) is 11.3 Å². The van der Waals surface area contributed by atoms with Gasteiger partial charge in [-0.15, -0.1) is 0 Å². The van der Waals surface area contributed by atoms with Crippen LogP contribution in [-0.2, 0) is 9.59 Å². The van der Waals surface area contributed by atoms with E-state index in [1.165, 1.54) is 12.4 Å². The van der Waals surface area contributed by atoms with Crippen LogP contribution in [0.1, 0.15) is 23.6 Å². The summed E-state index contributed by atoms with van der Waals surface area (Å²) in [6, 6.07) is 9.75. The quantitative estimate of drug-likeness (QED) is 0.441. The minimum Gasteiger partial charge on any atom is -0.507 e. The number of likely N-dealkylation sites (tertiary alicyclic amines) is 1. The second-order valence-corrected chi connectivity index (χ2v) is 7.16. The average molecular weight is 395 g/mol. The molecule has 2 heterocycles. The van der Waals surface area contributed by atoms with Gasteiger partial charge in [-0.05, 0) is 56.9 Å². The molecule has 7 heteroatoms. The fraction of sp³-hybridized carbons (Fsp3) is 0.318. The molecule has 1 aromatic heterocycles. The summed E-state index contributed by atoms with van der Waals surface area (Å²) in [6.45, 7) is 1.19. The first-order valence-corrected chi connectivity index (χ1v) is 9.41. The van der Waals surface area contributed by atoms with Crippen molar-refractivity contribution in [3.63, 3.8) is 0 Å². The number of aliphatic hydroxyl groups excluding tert-OH is 1. The topological polar surface area (TPSA) is 83.0 Å². The zero-order chi connectivity index (χ0) is 21.0. The standard InChI is InChI=1S/C22H25N3O4/c1-24(2)13-4-14-25-19(15-5-7-17(29-3)8-6-15)18(21(27)22(25)28)20(26)16-9-11-23-12-10-16/h5-12,19,26H,4,13-14H2,1-3H3/b20-18+/t19-/m0/s1. The molecule has 1 aliphatic rings. The predicted molar refractivity (Wildman–Crippen MR) is 109 cm³/mol. The molecule has 29 heavy (non-hydrogen) atoms. The van der Waals surface area contributed by atoms with Crippen LogP contribution in [-0.4, -0.2) is 65.9 Å². The maximum absolute atomic E-state index is 12.9. The van der Waals surface area contributed by atoms with Crippen LogP contribution in [0.5, 0.6) is 5.75 Å². The molecule has 2 aromatic rings. The number of methoxy groups -OCH3 is 1. The number of ketones is 1. The summed E-state index contributed by atoms with van der Waals surface area (Å²) in [5, 5.41) is 10.9. The fourth-order valence-electron chi connectivity index (χ4n) is 3.47. The lowest BCUT2D eigenvalue weighted by Gasteiger charge is -2.26. The molecule has 1 amide bonds. The number of pyridine rings is 1. The van der Waals surface area contributed by atoms with E-state index in [1.807, 2.05) is 31.1 Å². The first-order valence-electron chi connectivity index (χ1n) is 9.41. The first kappa shape index (κ1) is 20.5. The summed E-state index contributed by atoms with van der Waals surface area (Å²) in [5.41, 5.74) is 1.28. The average Bonchev–Trinajstić information content (AvgIpc) is 2.98. The van der Waals surface area contributed by atoms with Crippen LogP contribution in [0.2, 0.25) is 0 Å². The molecule has 3 rings (SSSR count). The Kier molecular flexibility index (Phi) is 6.29. The minimum atomic E-state index is -0.676. The van der Waals surface area contributed by atoms with Gasteiger partial charge in [-0.2, -0.15) is 0 Å². The number of rotatable bonds is 7. The van der Waals surface area contributed by atoms with Gasteiger partial charge in [0.25, 0.3) is 11.7 Å². The molecular weight excluding hydrogens is 370 g/mol. The molecule has 0 saturated carbocycles. The number of aromatic nitrogens is 1. The molecule has 1 aliphatic heterocycles. The Labute approximate surface area is 170 Å². The maximum atomic E-state index is 12.9. The van der Waals surface area contributed by atoms with Gasteiger partial charge >= 0.3 is 0 Å². The molecular formula is C22H25N3O4. The van der Waals surface area contributed by atoms with Crippen molar-refractivity contribution in [1.82, 2.24) is 14.8 Å². The van der Waals surface area contributed by atoms with Gasteiger partial charge in [-0.1, -0.05) is 12.1 Å². The SMILES string of the molecule is COc1ccc([C@H]2/C(=C(\O)c3ccncc3)C(=O)C(=O)N2CCCN(C)C)cc1. The van der Waals surface area contributed by atoms with Crippen molar-refractivity contribution < 1.29 is 19.4 Å². The van der Waals surface area contributed by atoms with Crippen LogP contribution in [0.15, 0.2) is 54.4 Å². The molecule has 1 aromatic carbocycles. The van der Waals surface area contributed by atoms with E-state index in [4.69, 9.17) is 4.74 Å². The Hall–Kier alpha value is -3.19. The van der Waals surface area contributed by atoms with Gasteiger partial charge in [0.15, 0.2) is 0 Å². The third-order valence-corrected chi connectivity index (χ3v) is 4.93. The van der Waals surface area contributed by atoms with Gasteiger partial charge in [0.05, 0.1) is 18.7 Å². The normalized spacial score (nSPS) is 18.5. The first-order chi connectivity index (χ1) is 13.9. The number of hydrogen-bond acceptors (Lipinski definition) is 6. The Bertz CT molecular complexity index is 907. The summed E-state index contributed by atoms with van der Waals surface area (Å²) in [5.74, 6) is -0.792. The monoisotopic (exact) mass is 395 g/mol. The third-order valence-electron chi connectivity index (χ3n) is 4.93. The number of Topliss-reactive ketones (excluding diaryl/α,β-unsaturated/α-hetero) is 1. The lowest BCUT2D eigenvalue weighted by atomic mass is 9.95. The summed E-state index contributed by atoms with van der Waals surface area (Å²) in [4.78, 5) is 33.2. The number of ether oxygens (including phenoxy) is 1. The number of hydrogen-bond donors (Lipinski definition) is 1. The van der Waals surface area contributed by atoms with Crippen molar-refractivity contribution in [3.05, 3.63) is 65.5 Å². The van der Waals surface area contributed by atoms with Crippen molar-refractivity contribution >= 4 is 17.4 Å². The van der Waals surface area contributed by atoms with Crippen LogP contribution < -0.4 is 4.74 Å². The number of carbonyl (C=O) groups is 2. The lowest BCUT2D eigenvalue weighted by Crippen LogP contribution is -2.32. The number of benzene rings is 1. The van der Waals surface area contributed by atoms with Crippen LogP contribution in [0.25, 0.3) is 5.76 Å². The summed E-state index contributed by atoms with van der Waals surface area (Å²) in [7, 11) is 5.49. The van der Waals surface area contributed by atoms with Crippen LogP contribution >= 0.6 is 0 Å². The van der Waals surface area contributed by atoms with E-state index >= 15 is 0 Å². The molecule has 0 aliphatic carbocycles. The van der Waals surface area contributed by atoms with Gasteiger partial charge in [-0.3, -0.25) is 14.6 Å². The second-order valence-electron chi connectivity index (χ2n) is 7.16. The number of nitrogens with zero attached hydrogens (tertiary/aromatic N) is 3. The van der Waals surface area contributed by atoms with Crippen LogP contribution in [0, 0.1) is 0 Å². The van der Waals surface area contributed by atoms with Crippen molar-refractivity contribution in [2.24, 2.45) is 0 Å². The van der Waals surface area contributed by atoms with Crippen molar-refractivity contribution in [2.45, 2.75) is 12.5 Å². The van der Waals surface area contributed by atoms with Crippen molar-refractivity contribution in [3.8, 4) is 5.75 Å². The van der Waals surface area contributed by atoms with E-state index in [1.54, 1.807) is 36.3 Å². The molecule has 0 spiro atoms. The minimum absolute atomic E-state index is 0.0937. The molecule has 0 radical (unpaired) electrons. The predicted octanol–water partition coefficient (Wildman–Crippen LogP) is 2.46. The highest BCUT2D eigenvalue weighted by Crippen LogP contribution is 2.39. The van der Waals surface area contributed by atoms with E-state index in [0.29, 0.717) is 24.3 Å². The Morgan fingerprint density at radius 2 is 1.79 bits per heavy atom. The highest BCUT2D eigenvalue weighted by Gasteiger charge is 2.45. The summed E-state index contributed by atoms with van der Waals surface area (Å²) < 4.78 is 5.21. The Morgan fingerprint density at radius 1 is 1.14 bits per heavy atom. The lowest BCUT2D eigenvalue weighted by molar-refractivity contribution is -0.139. The fourth-order valence-corrected chi connectivity index (χ4v) is 3.47. The van der Waals surface area contributed by atoms with Gasteiger partial charge in [-0.25, -0.2) is 0 Å². The van der Waals surface area contributed by atoms with Gasteiger partial charge in [0.2, 0.25) is 0 Å². The van der Waals surface area contributed by atoms with E-state index in [9.17, 15) is 14.7 Å². The zero-order valence-electron chi connectivity index (χ0n) is 16.8. The third kappa shape index (κ3) is 4.30. The molecule has 152 valence electrons. The smallest absolute Gasteiger partial charge is 0.295 e. The number of aliphatic hydroxyl groups is 1. The van der Waals surface area contributed by atoms with Crippen molar-refractivity contribution in [2.75, 3.05) is 34.3 Å². The number of carbonyl (C=O) groups excluding carboxylic acids is 2. The highest BCUT2D eigenvalue weighted by atomic mass is 16.5. The molecule has 0 bridgehead atoms. The summed E-state index contributed by atoms with van der Waals surface area (Å²) in [6.07, 6.45) is 3.77. The molecule has 7 nitrogen and oxygen atoms in total. The van der Waals surface area contributed by atoms with Crippen LogP contribution in [0.3, 0.4) is 0 Å². The molecule has 1 saturated heterocycles. The highest BCUT2D eigenvalue weighted by molar-refractivity contribution is 6.46. The van der Waals surface area contributed by atoms with E-state index in [2.05, 4.69) is 4.98 Å². The largest absolute Gasteiger partial charge is 0.507 e. The zero-order valence-corrected chi connectivity index (χ0v) is 16.8. The van der Waals surface area contributed by atoms with Gasteiger partial charge < -0.3 is 19.6 Å². The van der Waals surface area contributed by atoms with E-state index < -0.39 is 17.7 Å². The van der Waals surface area contributed by atoms with Gasteiger partial charge in [0, 0.05) is 24.5 Å². The molecule has 1 atom stereocenters. The maximum Gasteiger partial charge on any atom is 0.295 e. The molecule has 1 N–H and O–H groups in total. The number of amides is 1.